The minimum absolute atomic E-state index is 0.267. The monoisotopic (exact) mass is 214 g/mol. The van der Waals surface area contributed by atoms with E-state index < -0.39 is 0 Å². The van der Waals surface area contributed by atoms with E-state index in [0.29, 0.717) is 5.92 Å². The van der Waals surface area contributed by atoms with Gasteiger partial charge in [0.05, 0.1) is 11.9 Å². The summed E-state index contributed by atoms with van der Waals surface area (Å²) in [6, 6.07) is 10.3. The molecule has 1 fully saturated rings. The van der Waals surface area contributed by atoms with Crippen molar-refractivity contribution in [2.24, 2.45) is 5.92 Å². The molecule has 82 valence electrons. The molecule has 1 saturated carbocycles. The Labute approximate surface area is 94.1 Å². The summed E-state index contributed by atoms with van der Waals surface area (Å²) in [5.74, 6) is 1.19. The maximum atomic E-state index is 9.77. The van der Waals surface area contributed by atoms with Gasteiger partial charge in [0.2, 0.25) is 0 Å². The first kappa shape index (κ1) is 9.46. The lowest BCUT2D eigenvalue weighted by molar-refractivity contribution is 0.461. The lowest BCUT2D eigenvalue weighted by Gasteiger charge is -2.15. The largest absolute Gasteiger partial charge is 0.504 e. The second kappa shape index (κ2) is 3.67. The van der Waals surface area contributed by atoms with Crippen molar-refractivity contribution in [1.82, 2.24) is 10.2 Å². The molecule has 3 rings (SSSR count). The Kier molecular flexibility index (Phi) is 2.17. The summed E-state index contributed by atoms with van der Waals surface area (Å²) in [6.07, 6.45) is 3.95. The number of aromatic nitrogens is 2. The van der Waals surface area contributed by atoms with Crippen molar-refractivity contribution >= 4 is 0 Å². The lowest BCUT2D eigenvalue weighted by Crippen LogP contribution is -2.04. The highest BCUT2D eigenvalue weighted by molar-refractivity contribution is 5.37. The zero-order valence-corrected chi connectivity index (χ0v) is 8.93. The van der Waals surface area contributed by atoms with Crippen LogP contribution in [0.1, 0.15) is 30.0 Å². The van der Waals surface area contributed by atoms with Gasteiger partial charge >= 0.3 is 0 Å². The number of benzene rings is 1. The second-order valence-electron chi connectivity index (χ2n) is 4.39. The Morgan fingerprint density at radius 2 is 2.00 bits per heavy atom. The molecule has 1 aliphatic rings. The van der Waals surface area contributed by atoms with Crippen LogP contribution < -0.4 is 0 Å². The average molecular weight is 214 g/mol. The third-order valence-electron chi connectivity index (χ3n) is 3.21. The van der Waals surface area contributed by atoms with Crippen molar-refractivity contribution in [3.8, 4) is 5.75 Å². The van der Waals surface area contributed by atoms with Crippen LogP contribution in [0.2, 0.25) is 0 Å². The Morgan fingerprint density at radius 3 is 2.56 bits per heavy atom. The molecule has 1 aliphatic carbocycles. The van der Waals surface area contributed by atoms with E-state index in [1.807, 2.05) is 18.2 Å². The summed E-state index contributed by atoms with van der Waals surface area (Å²) >= 11 is 0. The van der Waals surface area contributed by atoms with Crippen LogP contribution in [0.25, 0.3) is 0 Å². The van der Waals surface area contributed by atoms with Gasteiger partial charge in [-0.3, -0.25) is 5.10 Å². The van der Waals surface area contributed by atoms with Gasteiger partial charge in [0.25, 0.3) is 0 Å². The van der Waals surface area contributed by atoms with Crippen LogP contribution >= 0.6 is 0 Å². The van der Waals surface area contributed by atoms with Gasteiger partial charge in [-0.25, -0.2) is 0 Å². The summed E-state index contributed by atoms with van der Waals surface area (Å²) in [7, 11) is 0. The van der Waals surface area contributed by atoms with Crippen molar-refractivity contribution in [1.29, 1.82) is 0 Å². The molecule has 0 bridgehead atoms. The number of aromatic amines is 1. The normalized spacial score (nSPS) is 17.2. The maximum Gasteiger partial charge on any atom is 0.157 e. The molecule has 1 atom stereocenters. The van der Waals surface area contributed by atoms with Crippen LogP contribution in [0.5, 0.6) is 5.75 Å². The van der Waals surface area contributed by atoms with Crippen molar-refractivity contribution in [2.45, 2.75) is 18.8 Å². The molecule has 0 amide bonds. The van der Waals surface area contributed by atoms with E-state index in [1.165, 1.54) is 24.6 Å². The molecule has 2 aromatic rings. The predicted octanol–water partition coefficient (Wildman–Crippen LogP) is 2.66. The van der Waals surface area contributed by atoms with Gasteiger partial charge in [-0.1, -0.05) is 30.3 Å². The van der Waals surface area contributed by atoms with Crippen molar-refractivity contribution in [2.75, 3.05) is 0 Å². The molecule has 0 aliphatic heterocycles. The van der Waals surface area contributed by atoms with E-state index in [2.05, 4.69) is 22.3 Å². The SMILES string of the molecule is Oc1cn[nH]c1C(c1ccccc1)C1CC1. The second-order valence-corrected chi connectivity index (χ2v) is 4.39. The Balaban J connectivity index is 2.02. The van der Waals surface area contributed by atoms with Crippen molar-refractivity contribution < 1.29 is 5.11 Å². The number of aromatic hydroxyl groups is 1. The summed E-state index contributed by atoms with van der Waals surface area (Å²) in [6.45, 7) is 0. The molecule has 3 nitrogen and oxygen atoms in total. The molecule has 3 heteroatoms. The highest BCUT2D eigenvalue weighted by atomic mass is 16.3. The first-order valence-electron chi connectivity index (χ1n) is 5.63. The Bertz CT molecular complexity index is 474. The molecule has 1 aromatic carbocycles. The standard InChI is InChI=1S/C13H14N2O/c16-11-8-14-15-13(11)12(10-6-7-10)9-4-2-1-3-5-9/h1-5,8,10,12,16H,6-7H2,(H,14,15). The van der Waals surface area contributed by atoms with Gasteiger partial charge in [-0.2, -0.15) is 5.10 Å². The Hall–Kier alpha value is -1.77. The third-order valence-corrected chi connectivity index (χ3v) is 3.21. The van der Waals surface area contributed by atoms with Crippen LogP contribution in [0, 0.1) is 5.92 Å². The minimum Gasteiger partial charge on any atom is -0.504 e. The van der Waals surface area contributed by atoms with Crippen LogP contribution in [0.3, 0.4) is 0 Å². The van der Waals surface area contributed by atoms with Gasteiger partial charge in [0, 0.05) is 5.92 Å². The molecule has 16 heavy (non-hydrogen) atoms. The molecule has 0 spiro atoms. The van der Waals surface area contributed by atoms with Crippen molar-refractivity contribution in [3.63, 3.8) is 0 Å². The molecular weight excluding hydrogens is 200 g/mol. The fourth-order valence-corrected chi connectivity index (χ4v) is 2.28. The van der Waals surface area contributed by atoms with Crippen molar-refractivity contribution in [3.05, 3.63) is 47.8 Å². The van der Waals surface area contributed by atoms with E-state index in [-0.39, 0.29) is 11.7 Å². The summed E-state index contributed by atoms with van der Waals surface area (Å²) in [5, 5.41) is 16.6. The highest BCUT2D eigenvalue weighted by Gasteiger charge is 2.35. The quantitative estimate of drug-likeness (QED) is 0.825. The van der Waals surface area contributed by atoms with E-state index in [0.717, 1.165) is 5.69 Å². The van der Waals surface area contributed by atoms with Crippen LogP contribution in [0.4, 0.5) is 0 Å². The molecular formula is C13H14N2O. The summed E-state index contributed by atoms with van der Waals surface area (Å²) in [4.78, 5) is 0. The zero-order valence-electron chi connectivity index (χ0n) is 8.93. The fourth-order valence-electron chi connectivity index (χ4n) is 2.28. The molecule has 0 radical (unpaired) electrons. The number of hydrogen-bond acceptors (Lipinski definition) is 2. The van der Waals surface area contributed by atoms with E-state index in [4.69, 9.17) is 0 Å². The van der Waals surface area contributed by atoms with Gasteiger partial charge in [-0.05, 0) is 24.3 Å². The number of nitrogens with one attached hydrogen (secondary N) is 1. The minimum atomic E-state index is 0.267. The first-order chi connectivity index (χ1) is 7.86. The van der Waals surface area contributed by atoms with E-state index >= 15 is 0 Å². The fraction of sp³-hybridized carbons (Fsp3) is 0.308. The van der Waals surface area contributed by atoms with Crippen LogP contribution in [-0.4, -0.2) is 15.3 Å². The molecule has 1 heterocycles. The van der Waals surface area contributed by atoms with Crippen LogP contribution in [-0.2, 0) is 0 Å². The smallest absolute Gasteiger partial charge is 0.157 e. The van der Waals surface area contributed by atoms with Gasteiger partial charge in [0.15, 0.2) is 5.75 Å². The number of H-pyrrole nitrogens is 1. The summed E-state index contributed by atoms with van der Waals surface area (Å²) in [5.41, 5.74) is 2.11. The maximum absolute atomic E-state index is 9.77. The highest BCUT2D eigenvalue weighted by Crippen LogP contribution is 2.47. The topological polar surface area (TPSA) is 48.9 Å². The predicted molar refractivity (Wildman–Crippen MR) is 61.3 cm³/mol. The Morgan fingerprint density at radius 1 is 1.25 bits per heavy atom. The molecule has 1 aromatic heterocycles. The zero-order chi connectivity index (χ0) is 11.0. The molecule has 0 saturated heterocycles. The average Bonchev–Trinajstić information content (AvgIpc) is 3.05. The van der Waals surface area contributed by atoms with Crippen LogP contribution in [0.15, 0.2) is 36.5 Å². The lowest BCUT2D eigenvalue weighted by atomic mass is 9.91. The number of hydrogen-bond donors (Lipinski definition) is 2. The van der Waals surface area contributed by atoms with Gasteiger partial charge in [0.1, 0.15) is 0 Å². The van der Waals surface area contributed by atoms with E-state index in [1.54, 1.807) is 0 Å². The molecule has 2 N–H and O–H groups in total. The first-order valence-corrected chi connectivity index (χ1v) is 5.63. The number of rotatable bonds is 3. The summed E-state index contributed by atoms with van der Waals surface area (Å²) < 4.78 is 0. The van der Waals surface area contributed by atoms with E-state index in [9.17, 15) is 5.11 Å². The third kappa shape index (κ3) is 1.58. The van der Waals surface area contributed by atoms with Gasteiger partial charge in [-0.15, -0.1) is 0 Å². The number of nitrogens with zero attached hydrogens (tertiary/aromatic N) is 1. The van der Waals surface area contributed by atoms with Gasteiger partial charge < -0.3 is 5.11 Å². The molecule has 1 unspecified atom stereocenters.